The molecule has 1 N–H and O–H groups in total. The number of aryl methyl sites for hydroxylation is 1. The maximum absolute atomic E-state index is 13.5. The minimum absolute atomic E-state index is 0. The standard InChI is InChI=1S/C22H34ClN3O.2ClH/c1-4-26(5-2)22(12-14-25(15-13-22)19-8-6-7-9-19)21(27)24-20-16-18(23)11-10-17(20)3;;/h10-11,16,19H,4-9,12-15H2,1-3H3,(H,24,27);2*1H. The first-order chi connectivity index (χ1) is 13.0. The summed E-state index contributed by atoms with van der Waals surface area (Å²) in [5.41, 5.74) is 1.45. The molecule has 166 valence electrons. The van der Waals surface area contributed by atoms with Crippen molar-refractivity contribution in [2.75, 3.05) is 31.5 Å². The largest absolute Gasteiger partial charge is 0.324 e. The number of hydrogen-bond donors (Lipinski definition) is 1. The highest BCUT2D eigenvalue weighted by molar-refractivity contribution is 6.31. The molecule has 1 aromatic rings. The highest BCUT2D eigenvalue weighted by Crippen LogP contribution is 2.34. The monoisotopic (exact) mass is 463 g/mol. The van der Waals surface area contributed by atoms with Gasteiger partial charge in [-0.1, -0.05) is 44.4 Å². The van der Waals surface area contributed by atoms with Crippen molar-refractivity contribution in [1.29, 1.82) is 0 Å². The molecule has 1 heterocycles. The van der Waals surface area contributed by atoms with Crippen molar-refractivity contribution >= 4 is 48.0 Å². The summed E-state index contributed by atoms with van der Waals surface area (Å²) in [5, 5.41) is 3.87. The third-order valence-electron chi connectivity index (χ3n) is 6.71. The molecule has 2 fully saturated rings. The second kappa shape index (κ2) is 11.8. The Kier molecular flexibility index (Phi) is 10.8. The lowest BCUT2D eigenvalue weighted by Gasteiger charge is -2.48. The van der Waals surface area contributed by atoms with E-state index < -0.39 is 5.54 Å². The molecular weight excluding hydrogens is 429 g/mol. The van der Waals surface area contributed by atoms with Crippen LogP contribution in [0, 0.1) is 6.92 Å². The zero-order chi connectivity index (χ0) is 19.4. The van der Waals surface area contributed by atoms with Gasteiger partial charge < -0.3 is 10.2 Å². The van der Waals surface area contributed by atoms with Gasteiger partial charge in [0.25, 0.3) is 0 Å². The van der Waals surface area contributed by atoms with Crippen LogP contribution in [0.5, 0.6) is 0 Å². The van der Waals surface area contributed by atoms with E-state index in [2.05, 4.69) is 29.0 Å². The van der Waals surface area contributed by atoms with E-state index >= 15 is 0 Å². The Bertz CT molecular complexity index is 653. The molecule has 0 radical (unpaired) electrons. The Balaban J connectivity index is 0.00000210. The molecule has 4 nitrogen and oxygen atoms in total. The summed E-state index contributed by atoms with van der Waals surface area (Å²) >= 11 is 6.16. The maximum Gasteiger partial charge on any atom is 0.245 e. The molecule has 1 amide bonds. The summed E-state index contributed by atoms with van der Waals surface area (Å²) in [5.74, 6) is 0.127. The van der Waals surface area contributed by atoms with E-state index in [0.717, 1.165) is 56.3 Å². The van der Waals surface area contributed by atoms with E-state index in [0.29, 0.717) is 5.02 Å². The van der Waals surface area contributed by atoms with Gasteiger partial charge in [-0.15, -0.1) is 24.8 Å². The molecule has 0 spiro atoms. The number of nitrogens with zero attached hydrogens (tertiary/aromatic N) is 2. The number of anilines is 1. The Labute approximate surface area is 193 Å². The summed E-state index contributed by atoms with van der Waals surface area (Å²) in [6.45, 7) is 10.1. The van der Waals surface area contributed by atoms with Crippen LogP contribution in [-0.2, 0) is 4.79 Å². The number of carbonyl (C=O) groups is 1. The summed E-state index contributed by atoms with van der Waals surface area (Å²) in [6.07, 6.45) is 7.17. The number of benzene rings is 1. The van der Waals surface area contributed by atoms with Crippen molar-refractivity contribution in [3.05, 3.63) is 28.8 Å². The highest BCUT2D eigenvalue weighted by Gasteiger charge is 2.46. The zero-order valence-electron chi connectivity index (χ0n) is 17.9. The van der Waals surface area contributed by atoms with Crippen molar-refractivity contribution in [3.8, 4) is 0 Å². The van der Waals surface area contributed by atoms with Crippen LogP contribution in [0.2, 0.25) is 5.02 Å². The lowest BCUT2D eigenvalue weighted by atomic mass is 9.83. The molecule has 2 aliphatic rings. The quantitative estimate of drug-likeness (QED) is 0.599. The van der Waals surface area contributed by atoms with Gasteiger partial charge in [0.2, 0.25) is 5.91 Å². The van der Waals surface area contributed by atoms with Gasteiger partial charge in [0, 0.05) is 29.8 Å². The molecule has 1 aromatic carbocycles. The third kappa shape index (κ3) is 5.80. The Morgan fingerprint density at radius 1 is 1.17 bits per heavy atom. The molecule has 1 saturated heterocycles. The summed E-state index contributed by atoms with van der Waals surface area (Å²) in [7, 11) is 0. The minimum atomic E-state index is -0.423. The van der Waals surface area contributed by atoms with Crippen molar-refractivity contribution in [2.45, 2.75) is 70.9 Å². The average Bonchev–Trinajstić information content (AvgIpc) is 3.21. The van der Waals surface area contributed by atoms with Crippen molar-refractivity contribution in [1.82, 2.24) is 9.80 Å². The van der Waals surface area contributed by atoms with Gasteiger partial charge in [0.05, 0.1) is 0 Å². The first kappa shape index (κ1) is 26.5. The molecule has 0 atom stereocenters. The third-order valence-corrected chi connectivity index (χ3v) is 6.94. The SMILES string of the molecule is CCN(CC)C1(C(=O)Nc2cc(Cl)ccc2C)CCN(C2CCCC2)CC1.Cl.Cl. The number of likely N-dealkylation sites (tertiary alicyclic amines) is 1. The zero-order valence-corrected chi connectivity index (χ0v) is 20.3. The molecule has 0 bridgehead atoms. The van der Waals surface area contributed by atoms with Gasteiger partial charge in [-0.3, -0.25) is 9.69 Å². The average molecular weight is 465 g/mol. The predicted molar refractivity (Wildman–Crippen MR) is 128 cm³/mol. The van der Waals surface area contributed by atoms with Crippen molar-refractivity contribution in [3.63, 3.8) is 0 Å². The van der Waals surface area contributed by atoms with Gasteiger partial charge >= 0.3 is 0 Å². The number of likely N-dealkylation sites (N-methyl/N-ethyl adjacent to an activating group) is 1. The highest BCUT2D eigenvalue weighted by atomic mass is 35.5. The lowest BCUT2D eigenvalue weighted by molar-refractivity contribution is -0.132. The van der Waals surface area contributed by atoms with Crippen LogP contribution in [0.15, 0.2) is 18.2 Å². The first-order valence-corrected chi connectivity index (χ1v) is 10.9. The van der Waals surface area contributed by atoms with E-state index in [4.69, 9.17) is 11.6 Å². The number of piperidine rings is 1. The second-order valence-electron chi connectivity index (χ2n) is 8.09. The minimum Gasteiger partial charge on any atom is -0.324 e. The number of halogens is 3. The number of nitrogens with one attached hydrogen (secondary N) is 1. The molecule has 3 rings (SSSR count). The van der Waals surface area contributed by atoms with Gasteiger partial charge in [-0.25, -0.2) is 0 Å². The Hall–Kier alpha value is -0.520. The normalized spacial score (nSPS) is 19.5. The van der Waals surface area contributed by atoms with Gasteiger partial charge in [0.15, 0.2) is 0 Å². The van der Waals surface area contributed by atoms with Crippen LogP contribution >= 0.6 is 36.4 Å². The number of hydrogen-bond acceptors (Lipinski definition) is 3. The van der Waals surface area contributed by atoms with E-state index in [1.165, 1.54) is 25.7 Å². The molecule has 0 aromatic heterocycles. The molecular formula is C22H36Cl3N3O. The predicted octanol–water partition coefficient (Wildman–Crippen LogP) is 5.55. The molecule has 29 heavy (non-hydrogen) atoms. The lowest BCUT2D eigenvalue weighted by Crippen LogP contribution is -2.62. The number of carbonyl (C=O) groups excluding carboxylic acids is 1. The van der Waals surface area contributed by atoms with Gasteiger partial charge in [-0.05, 0) is 63.4 Å². The topological polar surface area (TPSA) is 35.6 Å². The number of rotatable bonds is 6. The van der Waals surface area contributed by atoms with Crippen LogP contribution in [0.25, 0.3) is 0 Å². The smallest absolute Gasteiger partial charge is 0.245 e. The van der Waals surface area contributed by atoms with Crippen LogP contribution in [0.1, 0.15) is 57.9 Å². The van der Waals surface area contributed by atoms with Crippen LogP contribution in [0.4, 0.5) is 5.69 Å². The van der Waals surface area contributed by atoms with E-state index in [-0.39, 0.29) is 30.7 Å². The second-order valence-corrected chi connectivity index (χ2v) is 8.53. The summed E-state index contributed by atoms with van der Waals surface area (Å²) < 4.78 is 0. The van der Waals surface area contributed by atoms with Crippen LogP contribution in [-0.4, -0.2) is 53.5 Å². The van der Waals surface area contributed by atoms with Gasteiger partial charge in [-0.2, -0.15) is 0 Å². The van der Waals surface area contributed by atoms with Crippen LogP contribution < -0.4 is 5.32 Å². The van der Waals surface area contributed by atoms with E-state index in [1.807, 2.05) is 25.1 Å². The number of amides is 1. The Morgan fingerprint density at radius 3 is 2.31 bits per heavy atom. The molecule has 7 heteroatoms. The fourth-order valence-corrected chi connectivity index (χ4v) is 5.18. The van der Waals surface area contributed by atoms with Gasteiger partial charge in [0.1, 0.15) is 5.54 Å². The maximum atomic E-state index is 13.5. The first-order valence-electron chi connectivity index (χ1n) is 10.6. The van der Waals surface area contributed by atoms with E-state index in [1.54, 1.807) is 0 Å². The summed E-state index contributed by atoms with van der Waals surface area (Å²) in [6, 6.07) is 6.42. The molecule has 1 saturated carbocycles. The summed E-state index contributed by atoms with van der Waals surface area (Å²) in [4.78, 5) is 18.5. The van der Waals surface area contributed by atoms with Crippen LogP contribution in [0.3, 0.4) is 0 Å². The van der Waals surface area contributed by atoms with Crippen molar-refractivity contribution in [2.24, 2.45) is 0 Å². The molecule has 0 unspecified atom stereocenters. The van der Waals surface area contributed by atoms with Crippen molar-refractivity contribution < 1.29 is 4.79 Å². The Morgan fingerprint density at radius 2 is 1.76 bits per heavy atom. The van der Waals surface area contributed by atoms with E-state index in [9.17, 15) is 4.79 Å². The fraction of sp³-hybridized carbons (Fsp3) is 0.682. The fourth-order valence-electron chi connectivity index (χ4n) is 5.01. The molecule has 1 aliphatic heterocycles. The molecule has 1 aliphatic carbocycles.